The molecule has 1 aromatic carbocycles. The van der Waals surface area contributed by atoms with Gasteiger partial charge in [0.15, 0.2) is 0 Å². The molecule has 0 aliphatic rings. The van der Waals surface area contributed by atoms with E-state index in [2.05, 4.69) is 20.7 Å². The third-order valence-electron chi connectivity index (χ3n) is 2.46. The van der Waals surface area contributed by atoms with Gasteiger partial charge in [0.05, 0.1) is 10.7 Å². The van der Waals surface area contributed by atoms with E-state index < -0.39 is 10.0 Å². The molecule has 0 spiro atoms. The van der Waals surface area contributed by atoms with Gasteiger partial charge < -0.3 is 5.73 Å². The average molecular weight is 396 g/mol. The molecule has 3 N–H and O–H groups in total. The second kappa shape index (κ2) is 6.44. The molecule has 0 fully saturated rings. The second-order valence-electron chi connectivity index (χ2n) is 3.99. The third kappa shape index (κ3) is 3.73. The van der Waals surface area contributed by atoms with Crippen LogP contribution in [-0.2, 0) is 16.4 Å². The SMILES string of the molecule is NCCc1ccc(S(=O)(=O)Nc2ccc(Cl)c(Br)c2)s1. The van der Waals surface area contributed by atoms with E-state index in [9.17, 15) is 8.42 Å². The summed E-state index contributed by atoms with van der Waals surface area (Å²) in [5, 5.41) is 0.523. The van der Waals surface area contributed by atoms with Crippen molar-refractivity contribution in [2.45, 2.75) is 10.6 Å². The van der Waals surface area contributed by atoms with Gasteiger partial charge in [0.2, 0.25) is 0 Å². The summed E-state index contributed by atoms with van der Waals surface area (Å²) in [6.07, 6.45) is 0.673. The van der Waals surface area contributed by atoms with Gasteiger partial charge in [0, 0.05) is 9.35 Å². The van der Waals surface area contributed by atoms with Gasteiger partial charge in [-0.3, -0.25) is 4.72 Å². The minimum Gasteiger partial charge on any atom is -0.330 e. The molecule has 4 nitrogen and oxygen atoms in total. The Kier molecular flexibility index (Phi) is 5.09. The lowest BCUT2D eigenvalue weighted by Gasteiger charge is -2.07. The molecular weight excluding hydrogens is 384 g/mol. The molecule has 0 amide bonds. The number of hydrogen-bond donors (Lipinski definition) is 2. The quantitative estimate of drug-likeness (QED) is 0.814. The molecule has 1 heterocycles. The maximum atomic E-state index is 12.2. The van der Waals surface area contributed by atoms with E-state index in [1.807, 2.05) is 0 Å². The lowest BCUT2D eigenvalue weighted by molar-refractivity contribution is 0.603. The fourth-order valence-corrected chi connectivity index (χ4v) is 4.46. The van der Waals surface area contributed by atoms with Crippen LogP contribution in [0.4, 0.5) is 5.69 Å². The van der Waals surface area contributed by atoms with Gasteiger partial charge in [0.25, 0.3) is 10.0 Å². The number of benzene rings is 1. The molecule has 1 aromatic heterocycles. The summed E-state index contributed by atoms with van der Waals surface area (Å²) in [4.78, 5) is 0.949. The Morgan fingerprint density at radius 3 is 2.70 bits per heavy atom. The van der Waals surface area contributed by atoms with Gasteiger partial charge in [-0.25, -0.2) is 8.42 Å². The highest BCUT2D eigenvalue weighted by Crippen LogP contribution is 2.28. The van der Waals surface area contributed by atoms with Gasteiger partial charge in [-0.2, -0.15) is 0 Å². The van der Waals surface area contributed by atoms with Crippen LogP contribution in [-0.4, -0.2) is 15.0 Å². The van der Waals surface area contributed by atoms with E-state index in [-0.39, 0.29) is 4.21 Å². The highest BCUT2D eigenvalue weighted by Gasteiger charge is 2.17. The van der Waals surface area contributed by atoms with Gasteiger partial charge in [-0.15, -0.1) is 11.3 Å². The molecule has 0 bridgehead atoms. The predicted molar refractivity (Wildman–Crippen MR) is 87.0 cm³/mol. The lowest BCUT2D eigenvalue weighted by Crippen LogP contribution is -2.11. The maximum Gasteiger partial charge on any atom is 0.271 e. The van der Waals surface area contributed by atoms with Crippen molar-refractivity contribution in [1.29, 1.82) is 0 Å². The van der Waals surface area contributed by atoms with Gasteiger partial charge in [0.1, 0.15) is 4.21 Å². The second-order valence-corrected chi connectivity index (χ2v) is 8.33. The third-order valence-corrected chi connectivity index (χ3v) is 6.70. The molecular formula is C12H12BrClN2O2S2. The van der Waals surface area contributed by atoms with Crippen LogP contribution < -0.4 is 10.5 Å². The Labute approximate surface area is 135 Å². The molecule has 0 unspecified atom stereocenters. The number of nitrogens with one attached hydrogen (secondary N) is 1. The Hall–Kier alpha value is -0.600. The molecule has 2 aromatic rings. The maximum absolute atomic E-state index is 12.2. The Balaban J connectivity index is 2.23. The summed E-state index contributed by atoms with van der Waals surface area (Å²) in [5.41, 5.74) is 5.91. The molecule has 20 heavy (non-hydrogen) atoms. The highest BCUT2D eigenvalue weighted by molar-refractivity contribution is 9.10. The number of hydrogen-bond acceptors (Lipinski definition) is 4. The standard InChI is InChI=1S/C12H12BrClN2O2S2/c13-10-7-8(1-3-11(10)14)16-20(17,18)12-4-2-9(19-12)5-6-15/h1-4,7,16H,5-6,15H2. The van der Waals surface area contributed by atoms with Crippen LogP contribution in [0.25, 0.3) is 0 Å². The van der Waals surface area contributed by atoms with Crippen LogP contribution in [0.3, 0.4) is 0 Å². The zero-order valence-corrected chi connectivity index (χ0v) is 14.2. The van der Waals surface area contributed by atoms with Gasteiger partial charge in [-0.05, 0) is 59.2 Å². The largest absolute Gasteiger partial charge is 0.330 e. The average Bonchev–Trinajstić information content (AvgIpc) is 2.83. The lowest BCUT2D eigenvalue weighted by atomic mass is 10.3. The summed E-state index contributed by atoms with van der Waals surface area (Å²) >= 11 is 10.4. The number of anilines is 1. The first-order chi connectivity index (χ1) is 9.42. The van der Waals surface area contributed by atoms with Crippen molar-refractivity contribution in [3.8, 4) is 0 Å². The van der Waals surface area contributed by atoms with Crippen LogP contribution in [0.2, 0.25) is 5.02 Å². The van der Waals surface area contributed by atoms with E-state index in [0.717, 1.165) is 4.88 Å². The normalized spacial score (nSPS) is 11.6. The van der Waals surface area contributed by atoms with Crippen molar-refractivity contribution >= 4 is 54.6 Å². The fraction of sp³-hybridized carbons (Fsp3) is 0.167. The van der Waals surface area contributed by atoms with Crippen molar-refractivity contribution in [1.82, 2.24) is 0 Å². The monoisotopic (exact) mass is 394 g/mol. The molecule has 2 rings (SSSR count). The first kappa shape index (κ1) is 15.8. The first-order valence-electron chi connectivity index (χ1n) is 5.69. The van der Waals surface area contributed by atoms with E-state index in [1.54, 1.807) is 30.3 Å². The smallest absolute Gasteiger partial charge is 0.271 e. The molecule has 8 heteroatoms. The van der Waals surface area contributed by atoms with E-state index >= 15 is 0 Å². The number of thiophene rings is 1. The number of sulfonamides is 1. The van der Waals surface area contributed by atoms with Crippen LogP contribution in [0.5, 0.6) is 0 Å². The highest BCUT2D eigenvalue weighted by atomic mass is 79.9. The van der Waals surface area contributed by atoms with Gasteiger partial charge in [-0.1, -0.05) is 11.6 Å². The number of nitrogens with two attached hydrogens (primary N) is 1. The van der Waals surface area contributed by atoms with E-state index in [4.69, 9.17) is 17.3 Å². The molecule has 0 atom stereocenters. The van der Waals surface area contributed by atoms with Crippen molar-refractivity contribution in [2.24, 2.45) is 5.73 Å². The number of halogens is 2. The molecule has 0 aliphatic heterocycles. The first-order valence-corrected chi connectivity index (χ1v) is 9.16. The zero-order valence-electron chi connectivity index (χ0n) is 10.3. The van der Waals surface area contributed by atoms with Crippen molar-refractivity contribution in [3.05, 3.63) is 44.7 Å². The summed E-state index contributed by atoms with van der Waals surface area (Å²) in [5.74, 6) is 0. The summed E-state index contributed by atoms with van der Waals surface area (Å²) < 4.78 is 27.9. The van der Waals surface area contributed by atoms with Gasteiger partial charge >= 0.3 is 0 Å². The molecule has 0 radical (unpaired) electrons. The Morgan fingerprint density at radius 1 is 1.30 bits per heavy atom. The number of rotatable bonds is 5. The van der Waals surface area contributed by atoms with Crippen molar-refractivity contribution in [3.63, 3.8) is 0 Å². The van der Waals surface area contributed by atoms with Crippen LogP contribution in [0, 0.1) is 0 Å². The van der Waals surface area contributed by atoms with Crippen LogP contribution in [0.1, 0.15) is 4.88 Å². The van der Waals surface area contributed by atoms with E-state index in [0.29, 0.717) is 28.1 Å². The van der Waals surface area contributed by atoms with Crippen LogP contribution >= 0.6 is 38.9 Å². The summed E-state index contributed by atoms with van der Waals surface area (Å²) in [6, 6.07) is 8.22. The van der Waals surface area contributed by atoms with Crippen molar-refractivity contribution in [2.75, 3.05) is 11.3 Å². The molecule has 108 valence electrons. The Morgan fingerprint density at radius 2 is 2.05 bits per heavy atom. The topological polar surface area (TPSA) is 72.2 Å². The predicted octanol–water partition coefficient (Wildman–Crippen LogP) is 3.47. The molecule has 0 saturated heterocycles. The molecule has 0 aliphatic carbocycles. The minimum atomic E-state index is -3.58. The summed E-state index contributed by atoms with van der Waals surface area (Å²) in [7, 11) is -3.58. The van der Waals surface area contributed by atoms with E-state index in [1.165, 1.54) is 11.3 Å². The fourth-order valence-electron chi connectivity index (χ4n) is 1.54. The molecule has 0 saturated carbocycles. The van der Waals surface area contributed by atoms with Crippen molar-refractivity contribution < 1.29 is 8.42 Å². The zero-order chi connectivity index (χ0) is 14.8. The van der Waals surface area contributed by atoms with Crippen LogP contribution in [0.15, 0.2) is 39.0 Å². The summed E-state index contributed by atoms with van der Waals surface area (Å²) in [6.45, 7) is 0.498. The Bertz CT molecular complexity index is 716. The minimum absolute atomic E-state index is 0.270.